The zero-order chi connectivity index (χ0) is 24.1. The standard InChI is InChI=1S/C25H20Cl2FN3O2S/c26-17-12-18(27)14-21(13-17)29-24(33)22-15-23(32)31(11-10-16-4-2-1-3-5-16)25(34-22)30-20-8-6-19(28)7-9-20/h1-9,12-14,22H,10-11,15H2,(H,29,33). The number of aliphatic imine (C=N–C) groups is 1. The second-order valence-corrected chi connectivity index (χ2v) is 9.65. The van der Waals surface area contributed by atoms with E-state index in [0.29, 0.717) is 39.6 Å². The molecule has 1 N–H and O–H groups in total. The molecule has 5 nitrogen and oxygen atoms in total. The van der Waals surface area contributed by atoms with E-state index in [0.717, 1.165) is 5.56 Å². The van der Waals surface area contributed by atoms with Crippen LogP contribution in [0.1, 0.15) is 12.0 Å². The van der Waals surface area contributed by atoms with Gasteiger partial charge in [-0.2, -0.15) is 0 Å². The first-order valence-electron chi connectivity index (χ1n) is 10.5. The van der Waals surface area contributed by atoms with Crippen LogP contribution < -0.4 is 5.32 Å². The van der Waals surface area contributed by atoms with Gasteiger partial charge < -0.3 is 5.32 Å². The average molecular weight is 516 g/mol. The average Bonchev–Trinajstić information content (AvgIpc) is 2.80. The molecule has 3 aromatic rings. The molecule has 0 aromatic heterocycles. The van der Waals surface area contributed by atoms with E-state index in [4.69, 9.17) is 23.2 Å². The second kappa shape index (κ2) is 11.0. The number of amides is 2. The fourth-order valence-corrected chi connectivity index (χ4v) is 5.07. The Morgan fingerprint density at radius 2 is 1.74 bits per heavy atom. The molecule has 3 aromatic carbocycles. The molecule has 0 spiro atoms. The minimum atomic E-state index is -0.697. The molecule has 0 saturated carbocycles. The van der Waals surface area contributed by atoms with Gasteiger partial charge in [0.2, 0.25) is 11.8 Å². The highest BCUT2D eigenvalue weighted by atomic mass is 35.5. The number of nitrogens with one attached hydrogen (secondary N) is 1. The normalized spacial score (nSPS) is 17.1. The van der Waals surface area contributed by atoms with E-state index in [2.05, 4.69) is 10.3 Å². The van der Waals surface area contributed by atoms with Crippen molar-refractivity contribution in [1.29, 1.82) is 0 Å². The molecule has 1 aliphatic heterocycles. The van der Waals surface area contributed by atoms with Crippen molar-refractivity contribution in [3.8, 4) is 0 Å². The molecule has 174 valence electrons. The van der Waals surface area contributed by atoms with Crippen LogP contribution in [-0.2, 0) is 16.0 Å². The van der Waals surface area contributed by atoms with Gasteiger partial charge in [0.15, 0.2) is 5.17 Å². The first kappa shape index (κ1) is 24.3. The van der Waals surface area contributed by atoms with Gasteiger partial charge in [0.1, 0.15) is 11.1 Å². The Morgan fingerprint density at radius 3 is 2.41 bits per heavy atom. The molecule has 9 heteroatoms. The van der Waals surface area contributed by atoms with Gasteiger partial charge in [-0.25, -0.2) is 9.38 Å². The zero-order valence-corrected chi connectivity index (χ0v) is 20.2. The minimum absolute atomic E-state index is 0.0159. The molecule has 34 heavy (non-hydrogen) atoms. The summed E-state index contributed by atoms with van der Waals surface area (Å²) in [5, 5.41) is 3.25. The van der Waals surface area contributed by atoms with Gasteiger partial charge in [0.05, 0.1) is 5.69 Å². The third kappa shape index (κ3) is 6.38. The number of amidine groups is 1. The highest BCUT2D eigenvalue weighted by Crippen LogP contribution is 2.31. The summed E-state index contributed by atoms with van der Waals surface area (Å²) in [6.45, 7) is 0.411. The summed E-state index contributed by atoms with van der Waals surface area (Å²) in [5.74, 6) is -0.944. The van der Waals surface area contributed by atoms with Crippen LogP contribution in [0.15, 0.2) is 77.8 Å². The summed E-state index contributed by atoms with van der Waals surface area (Å²) in [7, 11) is 0. The first-order chi connectivity index (χ1) is 16.4. The maximum Gasteiger partial charge on any atom is 0.238 e. The van der Waals surface area contributed by atoms with Crippen molar-refractivity contribution < 1.29 is 14.0 Å². The van der Waals surface area contributed by atoms with Gasteiger partial charge in [0.25, 0.3) is 0 Å². The Morgan fingerprint density at radius 1 is 1.06 bits per heavy atom. The smallest absolute Gasteiger partial charge is 0.238 e. The van der Waals surface area contributed by atoms with Crippen LogP contribution in [0.4, 0.5) is 15.8 Å². The molecule has 1 unspecified atom stereocenters. The van der Waals surface area contributed by atoms with Crippen molar-refractivity contribution in [2.75, 3.05) is 11.9 Å². The highest BCUT2D eigenvalue weighted by Gasteiger charge is 2.35. The number of thioether (sulfide) groups is 1. The lowest BCUT2D eigenvalue weighted by Gasteiger charge is -2.32. The molecule has 0 bridgehead atoms. The van der Waals surface area contributed by atoms with E-state index in [-0.39, 0.29) is 24.1 Å². The highest BCUT2D eigenvalue weighted by molar-refractivity contribution is 8.15. The van der Waals surface area contributed by atoms with Crippen molar-refractivity contribution in [3.63, 3.8) is 0 Å². The van der Waals surface area contributed by atoms with Crippen molar-refractivity contribution in [3.05, 3.63) is 94.2 Å². The molecular weight excluding hydrogens is 496 g/mol. The van der Waals surface area contributed by atoms with Crippen LogP contribution in [0.25, 0.3) is 0 Å². The molecule has 1 atom stereocenters. The molecule has 1 saturated heterocycles. The largest absolute Gasteiger partial charge is 0.325 e. The number of rotatable bonds is 6. The molecule has 0 aliphatic carbocycles. The summed E-state index contributed by atoms with van der Waals surface area (Å²) in [6.07, 6.45) is 0.648. The summed E-state index contributed by atoms with van der Waals surface area (Å²) < 4.78 is 13.4. The Labute approximate surface area is 211 Å². The molecule has 4 rings (SSSR count). The monoisotopic (exact) mass is 515 g/mol. The molecule has 1 fully saturated rings. The summed E-state index contributed by atoms with van der Waals surface area (Å²) in [6, 6.07) is 20.2. The van der Waals surface area contributed by atoms with Crippen LogP contribution in [0.2, 0.25) is 10.0 Å². The van der Waals surface area contributed by atoms with E-state index in [1.807, 2.05) is 30.3 Å². The van der Waals surface area contributed by atoms with Crippen LogP contribution in [0, 0.1) is 5.82 Å². The molecule has 2 amide bonds. The van der Waals surface area contributed by atoms with Gasteiger partial charge in [-0.3, -0.25) is 14.5 Å². The van der Waals surface area contributed by atoms with Crippen LogP contribution in [0.3, 0.4) is 0 Å². The number of carbonyl (C=O) groups is 2. The Hall–Kier alpha value is -2.87. The SMILES string of the molecule is O=C(Nc1cc(Cl)cc(Cl)c1)C1CC(=O)N(CCc2ccccc2)C(=Nc2ccc(F)cc2)S1. The van der Waals surface area contributed by atoms with Crippen molar-refractivity contribution in [1.82, 2.24) is 4.90 Å². The fraction of sp³-hybridized carbons (Fsp3) is 0.160. The minimum Gasteiger partial charge on any atom is -0.325 e. The van der Waals surface area contributed by atoms with Gasteiger partial charge >= 0.3 is 0 Å². The van der Waals surface area contributed by atoms with Gasteiger partial charge in [-0.15, -0.1) is 0 Å². The lowest BCUT2D eigenvalue weighted by Crippen LogP contribution is -2.46. The maximum absolute atomic E-state index is 13.4. The van der Waals surface area contributed by atoms with E-state index >= 15 is 0 Å². The number of hydrogen-bond acceptors (Lipinski definition) is 4. The summed E-state index contributed by atoms with van der Waals surface area (Å²) >= 11 is 13.2. The van der Waals surface area contributed by atoms with Crippen molar-refractivity contribution >= 4 is 63.3 Å². The zero-order valence-electron chi connectivity index (χ0n) is 17.9. The number of halogens is 3. The predicted octanol–water partition coefficient (Wildman–Crippen LogP) is 6.34. The Bertz CT molecular complexity index is 1200. The van der Waals surface area contributed by atoms with E-state index in [1.54, 1.807) is 23.1 Å². The third-order valence-electron chi connectivity index (χ3n) is 5.08. The summed E-state index contributed by atoms with van der Waals surface area (Å²) in [5.41, 5.74) is 2.02. The van der Waals surface area contributed by atoms with Crippen molar-refractivity contribution in [2.45, 2.75) is 18.1 Å². The van der Waals surface area contributed by atoms with Crippen LogP contribution in [0.5, 0.6) is 0 Å². The molecule has 0 radical (unpaired) electrons. The number of nitrogens with zero attached hydrogens (tertiary/aromatic N) is 2. The van der Waals surface area contributed by atoms with Gasteiger partial charge in [-0.1, -0.05) is 65.3 Å². The van der Waals surface area contributed by atoms with Crippen molar-refractivity contribution in [2.24, 2.45) is 4.99 Å². The first-order valence-corrected chi connectivity index (χ1v) is 12.1. The Kier molecular flexibility index (Phi) is 7.88. The number of hydrogen-bond donors (Lipinski definition) is 1. The van der Waals surface area contributed by atoms with E-state index < -0.39 is 5.25 Å². The fourth-order valence-electron chi connectivity index (χ4n) is 3.42. The predicted molar refractivity (Wildman–Crippen MR) is 136 cm³/mol. The number of anilines is 1. The molecule has 1 heterocycles. The Balaban J connectivity index is 1.56. The topological polar surface area (TPSA) is 61.8 Å². The quantitative estimate of drug-likeness (QED) is 0.416. The van der Waals surface area contributed by atoms with E-state index in [1.165, 1.54) is 36.0 Å². The summed E-state index contributed by atoms with van der Waals surface area (Å²) in [4.78, 5) is 32.2. The third-order valence-corrected chi connectivity index (χ3v) is 6.70. The molecular formula is C25H20Cl2FN3O2S. The lowest BCUT2D eigenvalue weighted by molar-refractivity contribution is -0.129. The number of carbonyl (C=O) groups excluding carboxylic acids is 2. The van der Waals surface area contributed by atoms with Crippen LogP contribution in [-0.4, -0.2) is 33.7 Å². The second-order valence-electron chi connectivity index (χ2n) is 7.61. The number of benzene rings is 3. The lowest BCUT2D eigenvalue weighted by atomic mass is 10.1. The maximum atomic E-state index is 13.4. The van der Waals surface area contributed by atoms with Gasteiger partial charge in [0, 0.05) is 28.7 Å². The van der Waals surface area contributed by atoms with E-state index in [9.17, 15) is 14.0 Å². The van der Waals surface area contributed by atoms with Gasteiger partial charge in [-0.05, 0) is 54.4 Å². The van der Waals surface area contributed by atoms with Crippen LogP contribution >= 0.6 is 35.0 Å². The molecule has 1 aliphatic rings.